The predicted molar refractivity (Wildman–Crippen MR) is 108 cm³/mol. The Morgan fingerprint density at radius 2 is 1.69 bits per heavy atom. The maximum atomic E-state index is 14.6. The van der Waals surface area contributed by atoms with Crippen molar-refractivity contribution in [2.45, 2.75) is 11.4 Å². The number of aromatic amines is 1. The number of hydrogen-bond donors (Lipinski definition) is 1. The van der Waals surface area contributed by atoms with Crippen LogP contribution in [0.3, 0.4) is 0 Å². The lowest BCUT2D eigenvalue weighted by molar-refractivity contribution is 0.130. The van der Waals surface area contributed by atoms with Crippen molar-refractivity contribution in [3.63, 3.8) is 0 Å². The van der Waals surface area contributed by atoms with Crippen molar-refractivity contribution in [1.82, 2.24) is 19.7 Å². The van der Waals surface area contributed by atoms with Crippen molar-refractivity contribution in [2.75, 3.05) is 0 Å². The molecule has 0 amide bonds. The summed E-state index contributed by atoms with van der Waals surface area (Å²) in [4.78, 5) is 3.93. The molecule has 2 heterocycles. The summed E-state index contributed by atoms with van der Waals surface area (Å²) < 4.78 is 39.3. The van der Waals surface area contributed by atoms with E-state index in [0.29, 0.717) is 11.3 Å². The maximum absolute atomic E-state index is 14.6. The SMILES string of the molecule is O=S(=O)(c1ccccc1)N(F)Cc1cccc(-c2n[nH]cc2-c2ccncc2)c1. The minimum atomic E-state index is -4.22. The molecule has 0 spiro atoms. The molecular weight excluding hydrogens is 391 g/mol. The van der Waals surface area contributed by atoms with Gasteiger partial charge in [-0.1, -0.05) is 36.4 Å². The summed E-state index contributed by atoms with van der Waals surface area (Å²) in [5.74, 6) is 0. The summed E-state index contributed by atoms with van der Waals surface area (Å²) in [6, 6.07) is 18.3. The number of nitrogens with one attached hydrogen (secondary N) is 1. The first-order valence-corrected chi connectivity index (χ1v) is 10.3. The average molecular weight is 408 g/mol. The molecule has 0 unspecified atom stereocenters. The fourth-order valence-electron chi connectivity index (χ4n) is 3.01. The molecule has 146 valence electrons. The fraction of sp³-hybridized carbons (Fsp3) is 0.0476. The van der Waals surface area contributed by atoms with E-state index in [0.717, 1.165) is 16.7 Å². The van der Waals surface area contributed by atoms with Crippen LogP contribution in [-0.2, 0) is 16.6 Å². The quantitative estimate of drug-likeness (QED) is 0.485. The second kappa shape index (κ2) is 7.94. The first kappa shape index (κ1) is 19.0. The number of rotatable bonds is 6. The van der Waals surface area contributed by atoms with E-state index in [2.05, 4.69) is 15.2 Å². The van der Waals surface area contributed by atoms with E-state index >= 15 is 0 Å². The minimum absolute atomic E-state index is 0.0917. The van der Waals surface area contributed by atoms with Gasteiger partial charge in [-0.05, 0) is 46.0 Å². The van der Waals surface area contributed by atoms with E-state index in [4.69, 9.17) is 0 Å². The molecule has 0 atom stereocenters. The van der Waals surface area contributed by atoms with Gasteiger partial charge in [-0.2, -0.15) is 5.10 Å². The summed E-state index contributed by atoms with van der Waals surface area (Å²) >= 11 is 0. The summed E-state index contributed by atoms with van der Waals surface area (Å²) in [7, 11) is -4.22. The van der Waals surface area contributed by atoms with Gasteiger partial charge in [0.05, 0.1) is 17.1 Å². The van der Waals surface area contributed by atoms with Crippen molar-refractivity contribution in [3.8, 4) is 22.4 Å². The zero-order chi connectivity index (χ0) is 20.3. The smallest absolute Gasteiger partial charge is 0.269 e. The molecule has 1 N–H and O–H groups in total. The molecule has 8 heteroatoms. The van der Waals surface area contributed by atoms with Gasteiger partial charge in [0.2, 0.25) is 0 Å². The first-order chi connectivity index (χ1) is 14.1. The molecule has 0 aliphatic carbocycles. The van der Waals surface area contributed by atoms with Crippen LogP contribution in [0.15, 0.2) is 90.2 Å². The Balaban J connectivity index is 1.62. The Morgan fingerprint density at radius 1 is 0.931 bits per heavy atom. The van der Waals surface area contributed by atoms with E-state index in [9.17, 15) is 12.9 Å². The number of sulfonamides is 1. The van der Waals surface area contributed by atoms with Gasteiger partial charge in [-0.25, -0.2) is 8.42 Å². The summed E-state index contributed by atoms with van der Waals surface area (Å²) in [5, 5.41) is 7.16. The van der Waals surface area contributed by atoms with Gasteiger partial charge in [-0.15, -0.1) is 4.48 Å². The predicted octanol–water partition coefficient (Wildman–Crippen LogP) is 4.21. The average Bonchev–Trinajstić information content (AvgIpc) is 3.25. The molecule has 6 nitrogen and oxygen atoms in total. The summed E-state index contributed by atoms with van der Waals surface area (Å²) in [6.07, 6.45) is 5.16. The molecule has 0 aliphatic rings. The van der Waals surface area contributed by atoms with Gasteiger partial charge in [0.1, 0.15) is 0 Å². The van der Waals surface area contributed by atoms with Crippen LogP contribution in [0.2, 0.25) is 0 Å². The highest BCUT2D eigenvalue weighted by Gasteiger charge is 2.24. The maximum Gasteiger partial charge on any atom is 0.269 e. The second-order valence-corrected chi connectivity index (χ2v) is 8.17. The molecule has 0 saturated carbocycles. The summed E-state index contributed by atoms with van der Waals surface area (Å²) in [6.45, 7) is -0.403. The number of H-pyrrole nitrogens is 1. The van der Waals surface area contributed by atoms with Crippen molar-refractivity contribution >= 4 is 10.0 Å². The minimum Gasteiger partial charge on any atom is -0.284 e. The van der Waals surface area contributed by atoms with Crippen LogP contribution in [0, 0.1) is 0 Å². The lowest BCUT2D eigenvalue weighted by Gasteiger charge is -2.13. The van der Waals surface area contributed by atoms with Gasteiger partial charge in [0.25, 0.3) is 10.0 Å². The van der Waals surface area contributed by atoms with E-state index in [-0.39, 0.29) is 9.42 Å². The highest BCUT2D eigenvalue weighted by atomic mass is 32.2. The normalized spacial score (nSPS) is 11.7. The van der Waals surface area contributed by atoms with E-state index in [1.807, 2.05) is 18.2 Å². The summed E-state index contributed by atoms with van der Waals surface area (Å²) in [5.41, 5.74) is 3.76. The molecule has 0 saturated heterocycles. The first-order valence-electron chi connectivity index (χ1n) is 8.83. The molecule has 0 bridgehead atoms. The van der Waals surface area contributed by atoms with Crippen LogP contribution in [-0.4, -0.2) is 28.1 Å². The molecule has 2 aromatic carbocycles. The van der Waals surface area contributed by atoms with E-state index < -0.39 is 16.6 Å². The molecule has 4 aromatic rings. The van der Waals surface area contributed by atoms with E-state index in [1.165, 1.54) is 12.1 Å². The Bertz CT molecular complexity index is 1210. The van der Waals surface area contributed by atoms with Crippen LogP contribution in [0.5, 0.6) is 0 Å². The Labute approximate surface area is 167 Å². The van der Waals surface area contributed by atoms with Gasteiger partial charge in [-0.3, -0.25) is 10.1 Å². The third-order valence-corrected chi connectivity index (χ3v) is 5.96. The zero-order valence-electron chi connectivity index (χ0n) is 15.2. The monoisotopic (exact) mass is 408 g/mol. The third kappa shape index (κ3) is 3.94. The Kier molecular flexibility index (Phi) is 5.20. The van der Waals surface area contributed by atoms with E-state index in [1.54, 1.807) is 55.0 Å². The lowest BCUT2D eigenvalue weighted by Crippen LogP contribution is -2.22. The van der Waals surface area contributed by atoms with Crippen LogP contribution in [0.4, 0.5) is 4.48 Å². The molecule has 0 aliphatic heterocycles. The lowest BCUT2D eigenvalue weighted by atomic mass is 10.0. The Morgan fingerprint density at radius 3 is 2.45 bits per heavy atom. The van der Waals surface area contributed by atoms with Crippen LogP contribution in [0.25, 0.3) is 22.4 Å². The molecular formula is C21H17FN4O2S. The largest absolute Gasteiger partial charge is 0.284 e. The molecule has 2 aromatic heterocycles. The van der Waals surface area contributed by atoms with Crippen LogP contribution < -0.4 is 0 Å². The second-order valence-electron chi connectivity index (χ2n) is 6.35. The number of halogens is 1. The number of aromatic nitrogens is 3. The van der Waals surface area contributed by atoms with Crippen LogP contribution in [0.1, 0.15) is 5.56 Å². The third-order valence-electron chi connectivity index (χ3n) is 4.44. The Hall–Kier alpha value is -3.36. The zero-order valence-corrected chi connectivity index (χ0v) is 16.1. The van der Waals surface area contributed by atoms with Crippen molar-refractivity contribution < 1.29 is 12.9 Å². The molecule has 0 radical (unpaired) electrons. The molecule has 4 rings (SSSR count). The van der Waals surface area contributed by atoms with Gasteiger partial charge in [0.15, 0.2) is 0 Å². The van der Waals surface area contributed by atoms with Gasteiger partial charge < -0.3 is 0 Å². The number of nitrogens with zero attached hydrogens (tertiary/aromatic N) is 3. The van der Waals surface area contributed by atoms with Gasteiger partial charge >= 0.3 is 0 Å². The fourth-order valence-corrected chi connectivity index (χ4v) is 4.06. The van der Waals surface area contributed by atoms with Crippen molar-refractivity contribution in [1.29, 1.82) is 0 Å². The van der Waals surface area contributed by atoms with Crippen molar-refractivity contribution in [3.05, 3.63) is 90.9 Å². The number of pyridine rings is 1. The molecule has 0 fully saturated rings. The highest BCUT2D eigenvalue weighted by Crippen LogP contribution is 2.30. The molecule has 29 heavy (non-hydrogen) atoms. The van der Waals surface area contributed by atoms with Crippen molar-refractivity contribution in [2.24, 2.45) is 0 Å². The topological polar surface area (TPSA) is 79.0 Å². The van der Waals surface area contributed by atoms with Crippen LogP contribution >= 0.6 is 0 Å². The highest BCUT2D eigenvalue weighted by molar-refractivity contribution is 7.89. The standard InChI is InChI=1S/C21H17FN4O2S/c22-26(29(27,28)19-7-2-1-3-8-19)15-16-5-4-6-18(13-16)21-20(14-24-25-21)17-9-11-23-12-10-17/h1-14H,15H2,(H,24,25). The number of hydrogen-bond acceptors (Lipinski definition) is 4. The number of benzene rings is 2. The van der Waals surface area contributed by atoms with Gasteiger partial charge in [0, 0.05) is 29.7 Å².